The van der Waals surface area contributed by atoms with Gasteiger partial charge in [-0.15, -0.1) is 0 Å². The summed E-state index contributed by atoms with van der Waals surface area (Å²) in [5, 5.41) is 2.46. The van der Waals surface area contributed by atoms with E-state index in [1.54, 1.807) is 20.8 Å². The summed E-state index contributed by atoms with van der Waals surface area (Å²) in [5.41, 5.74) is -0.588. The van der Waals surface area contributed by atoms with Gasteiger partial charge in [-0.25, -0.2) is 14.6 Å². The molecule has 0 aromatic carbocycles. The van der Waals surface area contributed by atoms with Gasteiger partial charge < -0.3 is 14.2 Å². The van der Waals surface area contributed by atoms with Crippen molar-refractivity contribution in [1.82, 2.24) is 4.98 Å². The molecule has 1 rings (SSSR count). The van der Waals surface area contributed by atoms with E-state index in [4.69, 9.17) is 9.47 Å². The molecule has 1 heterocycles. The van der Waals surface area contributed by atoms with Crippen LogP contribution in [0.2, 0.25) is 0 Å². The molecule has 1 aromatic heterocycles. The Morgan fingerprint density at radius 3 is 2.38 bits per heavy atom. The minimum atomic E-state index is -0.709. The Bertz CT molecular complexity index is 554. The van der Waals surface area contributed by atoms with E-state index in [-0.39, 0.29) is 11.4 Å². The van der Waals surface area contributed by atoms with Crippen molar-refractivity contribution >= 4 is 33.7 Å². The number of anilines is 1. The fourth-order valence-corrected chi connectivity index (χ4v) is 1.83. The van der Waals surface area contributed by atoms with Crippen LogP contribution in [0.5, 0.6) is 5.75 Å². The topological polar surface area (TPSA) is 86.8 Å². The minimum absolute atomic E-state index is 0.0592. The highest BCUT2D eigenvalue weighted by Gasteiger charge is 2.22. The van der Waals surface area contributed by atoms with Gasteiger partial charge in [0.2, 0.25) is 0 Å². The van der Waals surface area contributed by atoms with Crippen molar-refractivity contribution in [3.8, 4) is 5.75 Å². The van der Waals surface area contributed by atoms with Crippen molar-refractivity contribution in [2.75, 3.05) is 19.5 Å². The largest absolute Gasteiger partial charge is 0.494 e. The zero-order valence-electron chi connectivity index (χ0n) is 12.4. The fourth-order valence-electron chi connectivity index (χ4n) is 1.38. The van der Waals surface area contributed by atoms with Crippen molar-refractivity contribution in [1.29, 1.82) is 0 Å². The third kappa shape index (κ3) is 4.89. The number of carbonyl (C=O) groups excluding carboxylic acids is 2. The molecule has 116 valence electrons. The number of nitrogens with zero attached hydrogens (tertiary/aromatic N) is 1. The minimum Gasteiger partial charge on any atom is -0.494 e. The zero-order valence-corrected chi connectivity index (χ0v) is 14.0. The van der Waals surface area contributed by atoms with Crippen LogP contribution in [0.3, 0.4) is 0 Å². The summed E-state index contributed by atoms with van der Waals surface area (Å²) < 4.78 is 15.2. The van der Waals surface area contributed by atoms with E-state index in [0.29, 0.717) is 10.4 Å². The van der Waals surface area contributed by atoms with Gasteiger partial charge in [0.15, 0.2) is 11.4 Å². The summed E-state index contributed by atoms with van der Waals surface area (Å²) in [4.78, 5) is 27.5. The highest BCUT2D eigenvalue weighted by Crippen LogP contribution is 2.29. The summed E-state index contributed by atoms with van der Waals surface area (Å²) in [6.45, 7) is 5.19. The third-order valence-corrected chi connectivity index (χ3v) is 2.75. The number of nitrogens with one attached hydrogen (secondary N) is 1. The van der Waals surface area contributed by atoms with E-state index in [0.717, 1.165) is 0 Å². The lowest BCUT2D eigenvalue weighted by atomic mass is 10.2. The standard InChI is InChI=1S/C13H17BrN2O5/c1-13(2,3)21-12(18)15-7-6-8(19-4)10(14)16-9(7)11(17)20-5/h6H,1-5H3,(H,15,18). The number of methoxy groups -OCH3 is 2. The molecule has 1 amide bonds. The Morgan fingerprint density at radius 2 is 1.90 bits per heavy atom. The van der Waals surface area contributed by atoms with Crippen molar-refractivity contribution in [2.45, 2.75) is 26.4 Å². The number of esters is 1. The Morgan fingerprint density at radius 1 is 1.29 bits per heavy atom. The van der Waals surface area contributed by atoms with Crippen LogP contribution in [0, 0.1) is 0 Å². The number of pyridine rings is 1. The molecule has 21 heavy (non-hydrogen) atoms. The molecule has 0 fully saturated rings. The molecule has 0 aliphatic carbocycles. The number of rotatable bonds is 3. The van der Waals surface area contributed by atoms with Gasteiger partial charge in [0.1, 0.15) is 10.2 Å². The first-order chi connectivity index (χ1) is 9.67. The predicted octanol–water partition coefficient (Wildman–Crippen LogP) is 2.99. The first-order valence-electron chi connectivity index (χ1n) is 6.00. The number of aromatic nitrogens is 1. The molecule has 0 spiro atoms. The molecule has 0 aliphatic rings. The smallest absolute Gasteiger partial charge is 0.412 e. The molecular formula is C13H17BrN2O5. The second-order valence-corrected chi connectivity index (χ2v) is 5.75. The van der Waals surface area contributed by atoms with E-state index >= 15 is 0 Å². The van der Waals surface area contributed by atoms with Gasteiger partial charge in [-0.05, 0) is 36.7 Å². The van der Waals surface area contributed by atoms with E-state index in [9.17, 15) is 9.59 Å². The molecule has 0 unspecified atom stereocenters. The van der Waals surface area contributed by atoms with Gasteiger partial charge >= 0.3 is 12.1 Å². The van der Waals surface area contributed by atoms with Gasteiger partial charge in [-0.2, -0.15) is 0 Å². The Labute approximate surface area is 131 Å². The number of halogens is 1. The van der Waals surface area contributed by atoms with E-state index in [1.165, 1.54) is 20.3 Å². The highest BCUT2D eigenvalue weighted by molar-refractivity contribution is 9.10. The third-order valence-electron chi connectivity index (χ3n) is 2.18. The summed E-state index contributed by atoms with van der Waals surface area (Å²) in [6, 6.07) is 1.45. The van der Waals surface area contributed by atoms with Crippen molar-refractivity contribution < 1.29 is 23.8 Å². The lowest BCUT2D eigenvalue weighted by Crippen LogP contribution is -2.28. The molecule has 8 heteroatoms. The Hall–Kier alpha value is -1.83. The summed E-state index contributed by atoms with van der Waals surface area (Å²) >= 11 is 3.17. The van der Waals surface area contributed by atoms with Crippen LogP contribution in [0.15, 0.2) is 10.7 Å². The molecule has 0 aliphatic heterocycles. The number of hydrogen-bond donors (Lipinski definition) is 1. The van der Waals surface area contributed by atoms with Crippen LogP contribution >= 0.6 is 15.9 Å². The maximum absolute atomic E-state index is 11.8. The number of carbonyl (C=O) groups is 2. The molecule has 7 nitrogen and oxygen atoms in total. The molecule has 0 saturated heterocycles. The average Bonchev–Trinajstić information content (AvgIpc) is 2.37. The number of amides is 1. The molecular weight excluding hydrogens is 344 g/mol. The van der Waals surface area contributed by atoms with Crippen LogP contribution in [-0.2, 0) is 9.47 Å². The molecule has 0 bridgehead atoms. The summed E-state index contributed by atoms with van der Waals surface area (Å²) in [6.07, 6.45) is -0.709. The van der Waals surface area contributed by atoms with E-state index < -0.39 is 17.7 Å². The van der Waals surface area contributed by atoms with Gasteiger partial charge in [0, 0.05) is 6.07 Å². The second-order valence-electron chi connectivity index (χ2n) is 5.00. The van der Waals surface area contributed by atoms with Gasteiger partial charge in [-0.3, -0.25) is 5.32 Å². The van der Waals surface area contributed by atoms with Gasteiger partial charge in [0.05, 0.1) is 19.9 Å². The summed E-state index contributed by atoms with van der Waals surface area (Å²) in [5.74, 6) is -0.335. The van der Waals surface area contributed by atoms with Crippen LogP contribution in [0.25, 0.3) is 0 Å². The highest BCUT2D eigenvalue weighted by atomic mass is 79.9. The maximum Gasteiger partial charge on any atom is 0.412 e. The van der Waals surface area contributed by atoms with Crippen LogP contribution < -0.4 is 10.1 Å². The van der Waals surface area contributed by atoms with E-state index in [1.807, 2.05) is 0 Å². The molecule has 0 radical (unpaired) electrons. The van der Waals surface area contributed by atoms with E-state index in [2.05, 4.69) is 31.0 Å². The maximum atomic E-state index is 11.8. The fraction of sp³-hybridized carbons (Fsp3) is 0.462. The Balaban J connectivity index is 3.14. The van der Waals surface area contributed by atoms with Crippen molar-refractivity contribution in [3.05, 3.63) is 16.4 Å². The lowest BCUT2D eigenvalue weighted by Gasteiger charge is -2.20. The van der Waals surface area contributed by atoms with Crippen molar-refractivity contribution in [2.24, 2.45) is 0 Å². The first-order valence-corrected chi connectivity index (χ1v) is 6.80. The monoisotopic (exact) mass is 360 g/mol. The van der Waals surface area contributed by atoms with Crippen LogP contribution in [0.4, 0.5) is 10.5 Å². The average molecular weight is 361 g/mol. The van der Waals surface area contributed by atoms with Gasteiger partial charge in [-0.1, -0.05) is 0 Å². The summed E-state index contributed by atoms with van der Waals surface area (Å²) in [7, 11) is 2.66. The first kappa shape index (κ1) is 17.2. The molecule has 0 saturated carbocycles. The number of hydrogen-bond acceptors (Lipinski definition) is 6. The SMILES string of the molecule is COC(=O)c1nc(Br)c(OC)cc1NC(=O)OC(C)(C)C. The van der Waals surface area contributed by atoms with Crippen molar-refractivity contribution in [3.63, 3.8) is 0 Å². The van der Waals surface area contributed by atoms with Crippen LogP contribution in [0.1, 0.15) is 31.3 Å². The van der Waals surface area contributed by atoms with Gasteiger partial charge in [0.25, 0.3) is 0 Å². The normalized spacial score (nSPS) is 10.8. The zero-order chi connectivity index (χ0) is 16.2. The lowest BCUT2D eigenvalue weighted by molar-refractivity contribution is 0.0595. The molecule has 1 N–H and O–H groups in total. The Kier molecular flexibility index (Phi) is 5.54. The molecule has 1 aromatic rings. The quantitative estimate of drug-likeness (QED) is 0.658. The molecule has 0 atom stereocenters. The predicted molar refractivity (Wildman–Crippen MR) is 79.7 cm³/mol. The second kappa shape index (κ2) is 6.75. The van der Waals surface area contributed by atoms with Crippen LogP contribution in [-0.4, -0.2) is 36.9 Å². The number of ether oxygens (including phenoxy) is 3.